The molecule has 0 aliphatic heterocycles. The molecule has 5 nitrogen and oxygen atoms in total. The van der Waals surface area contributed by atoms with Crippen LogP contribution in [-0.2, 0) is 6.54 Å². The highest BCUT2D eigenvalue weighted by Crippen LogP contribution is 2.14. The first-order valence-corrected chi connectivity index (χ1v) is 6.18. The molecule has 19 heavy (non-hydrogen) atoms. The summed E-state index contributed by atoms with van der Waals surface area (Å²) < 4.78 is 5.06. The number of nitrogens with two attached hydrogens (primary N) is 1. The first-order chi connectivity index (χ1) is 9.33. The van der Waals surface area contributed by atoms with Crippen LogP contribution in [0.4, 0.5) is 5.95 Å². The van der Waals surface area contributed by atoms with Crippen LogP contribution >= 0.6 is 0 Å². The summed E-state index contributed by atoms with van der Waals surface area (Å²) in [6, 6.07) is 10.2. The standard InChI is InChI=1S/C14H18N4O/c1-19-13-9-16-14(17-10-13)18(8-7-15)11-12-5-3-2-4-6-12/h2-6,9-10H,7-8,11,15H2,1H3. The Balaban J connectivity index is 2.14. The van der Waals surface area contributed by atoms with Gasteiger partial charge in [0.05, 0.1) is 19.5 Å². The molecule has 1 aromatic heterocycles. The number of anilines is 1. The minimum Gasteiger partial charge on any atom is -0.494 e. The van der Waals surface area contributed by atoms with Crippen LogP contribution in [0, 0.1) is 0 Å². The van der Waals surface area contributed by atoms with E-state index in [1.54, 1.807) is 19.5 Å². The average Bonchev–Trinajstić information content (AvgIpc) is 2.48. The molecule has 0 atom stereocenters. The molecule has 100 valence electrons. The summed E-state index contributed by atoms with van der Waals surface area (Å²) in [5, 5.41) is 0. The van der Waals surface area contributed by atoms with Gasteiger partial charge in [-0.1, -0.05) is 30.3 Å². The van der Waals surface area contributed by atoms with Crippen molar-refractivity contribution < 1.29 is 4.74 Å². The van der Waals surface area contributed by atoms with E-state index < -0.39 is 0 Å². The molecule has 0 spiro atoms. The van der Waals surface area contributed by atoms with Crippen LogP contribution in [0.1, 0.15) is 5.56 Å². The minimum atomic E-state index is 0.558. The molecule has 1 heterocycles. The van der Waals surface area contributed by atoms with E-state index in [1.807, 2.05) is 18.2 Å². The molecule has 0 amide bonds. The van der Waals surface area contributed by atoms with E-state index in [0.717, 1.165) is 6.54 Å². The van der Waals surface area contributed by atoms with Gasteiger partial charge in [0.2, 0.25) is 5.95 Å². The van der Waals surface area contributed by atoms with Gasteiger partial charge in [-0.05, 0) is 5.56 Å². The van der Waals surface area contributed by atoms with Gasteiger partial charge < -0.3 is 15.4 Å². The van der Waals surface area contributed by atoms with Gasteiger partial charge in [0.15, 0.2) is 5.75 Å². The Morgan fingerprint density at radius 3 is 2.42 bits per heavy atom. The molecule has 0 radical (unpaired) electrons. The molecular formula is C14H18N4O. The molecule has 2 aromatic rings. The van der Waals surface area contributed by atoms with Gasteiger partial charge in [0.1, 0.15) is 0 Å². The molecule has 0 fully saturated rings. The lowest BCUT2D eigenvalue weighted by molar-refractivity contribution is 0.410. The molecule has 0 saturated heterocycles. The maximum atomic E-state index is 5.65. The summed E-state index contributed by atoms with van der Waals surface area (Å²) >= 11 is 0. The first kappa shape index (κ1) is 13.3. The molecule has 0 unspecified atom stereocenters. The number of benzene rings is 1. The summed E-state index contributed by atoms with van der Waals surface area (Å²) in [6.45, 7) is 2.01. The lowest BCUT2D eigenvalue weighted by Gasteiger charge is -2.21. The Kier molecular flexibility index (Phi) is 4.69. The van der Waals surface area contributed by atoms with E-state index in [0.29, 0.717) is 24.8 Å². The number of hydrogen-bond donors (Lipinski definition) is 1. The number of nitrogens with zero attached hydrogens (tertiary/aromatic N) is 3. The van der Waals surface area contributed by atoms with Crippen LogP contribution in [0.5, 0.6) is 5.75 Å². The summed E-state index contributed by atoms with van der Waals surface area (Å²) in [5.74, 6) is 1.31. The topological polar surface area (TPSA) is 64.3 Å². The largest absolute Gasteiger partial charge is 0.494 e. The highest BCUT2D eigenvalue weighted by atomic mass is 16.5. The van der Waals surface area contributed by atoms with Crippen LogP contribution < -0.4 is 15.4 Å². The lowest BCUT2D eigenvalue weighted by Crippen LogP contribution is -2.30. The SMILES string of the molecule is COc1cnc(N(CCN)Cc2ccccc2)nc1. The van der Waals surface area contributed by atoms with Crippen molar-refractivity contribution >= 4 is 5.95 Å². The van der Waals surface area contributed by atoms with Crippen LogP contribution in [0.15, 0.2) is 42.7 Å². The molecule has 0 bridgehead atoms. The van der Waals surface area contributed by atoms with Crippen LogP contribution in [-0.4, -0.2) is 30.2 Å². The van der Waals surface area contributed by atoms with Crippen LogP contribution in [0.3, 0.4) is 0 Å². The second-order valence-corrected chi connectivity index (χ2v) is 4.12. The maximum Gasteiger partial charge on any atom is 0.225 e. The zero-order valence-corrected chi connectivity index (χ0v) is 11.0. The zero-order chi connectivity index (χ0) is 13.5. The Morgan fingerprint density at radius 2 is 1.84 bits per heavy atom. The molecule has 1 aromatic carbocycles. The lowest BCUT2D eigenvalue weighted by atomic mass is 10.2. The molecule has 5 heteroatoms. The van der Waals surface area contributed by atoms with Gasteiger partial charge in [-0.25, -0.2) is 9.97 Å². The molecule has 0 aliphatic carbocycles. The fourth-order valence-electron chi connectivity index (χ4n) is 1.79. The van der Waals surface area contributed by atoms with Crippen molar-refractivity contribution in [2.24, 2.45) is 5.73 Å². The molecule has 2 rings (SSSR count). The van der Waals surface area contributed by atoms with E-state index in [9.17, 15) is 0 Å². The third-order valence-electron chi connectivity index (χ3n) is 2.75. The van der Waals surface area contributed by atoms with Gasteiger partial charge in [0.25, 0.3) is 0 Å². The van der Waals surface area contributed by atoms with Crippen molar-refractivity contribution in [1.29, 1.82) is 0 Å². The van der Waals surface area contributed by atoms with Crippen LogP contribution in [0.2, 0.25) is 0 Å². The first-order valence-electron chi connectivity index (χ1n) is 6.18. The third kappa shape index (κ3) is 3.66. The summed E-state index contributed by atoms with van der Waals surface area (Å²) in [5.41, 5.74) is 6.86. The number of rotatable bonds is 6. The Hall–Kier alpha value is -2.14. The van der Waals surface area contributed by atoms with E-state index in [2.05, 4.69) is 27.0 Å². The third-order valence-corrected chi connectivity index (χ3v) is 2.75. The Bertz CT molecular complexity index is 487. The molecule has 0 saturated carbocycles. The zero-order valence-electron chi connectivity index (χ0n) is 11.0. The Labute approximate surface area is 113 Å². The molecule has 0 aliphatic rings. The van der Waals surface area contributed by atoms with Crippen molar-refractivity contribution in [3.05, 3.63) is 48.3 Å². The van der Waals surface area contributed by atoms with Gasteiger partial charge in [-0.2, -0.15) is 0 Å². The molecule has 2 N–H and O–H groups in total. The van der Waals surface area contributed by atoms with Gasteiger partial charge >= 0.3 is 0 Å². The van der Waals surface area contributed by atoms with E-state index in [4.69, 9.17) is 10.5 Å². The van der Waals surface area contributed by atoms with Crippen molar-refractivity contribution in [1.82, 2.24) is 9.97 Å². The highest BCUT2D eigenvalue weighted by Gasteiger charge is 2.09. The molecular weight excluding hydrogens is 240 g/mol. The predicted octanol–water partition coefficient (Wildman–Crippen LogP) is 1.45. The van der Waals surface area contributed by atoms with Crippen molar-refractivity contribution in [3.8, 4) is 5.75 Å². The fraction of sp³-hybridized carbons (Fsp3) is 0.286. The summed E-state index contributed by atoms with van der Waals surface area (Å²) in [6.07, 6.45) is 3.33. The van der Waals surface area contributed by atoms with Crippen molar-refractivity contribution in [2.45, 2.75) is 6.54 Å². The number of aromatic nitrogens is 2. The predicted molar refractivity (Wildman–Crippen MR) is 75.1 cm³/mol. The maximum absolute atomic E-state index is 5.65. The number of ether oxygens (including phenoxy) is 1. The van der Waals surface area contributed by atoms with Crippen LogP contribution in [0.25, 0.3) is 0 Å². The Morgan fingerprint density at radius 1 is 1.16 bits per heavy atom. The van der Waals surface area contributed by atoms with Gasteiger partial charge in [-0.15, -0.1) is 0 Å². The fourth-order valence-corrected chi connectivity index (χ4v) is 1.79. The van der Waals surface area contributed by atoms with Gasteiger partial charge in [0, 0.05) is 19.6 Å². The second kappa shape index (κ2) is 6.70. The quantitative estimate of drug-likeness (QED) is 0.849. The van der Waals surface area contributed by atoms with E-state index in [1.165, 1.54) is 5.56 Å². The monoisotopic (exact) mass is 258 g/mol. The summed E-state index contributed by atoms with van der Waals surface area (Å²) in [7, 11) is 1.60. The van der Waals surface area contributed by atoms with Gasteiger partial charge in [-0.3, -0.25) is 0 Å². The van der Waals surface area contributed by atoms with E-state index in [-0.39, 0.29) is 0 Å². The average molecular weight is 258 g/mol. The normalized spacial score (nSPS) is 10.2. The summed E-state index contributed by atoms with van der Waals surface area (Å²) in [4.78, 5) is 10.6. The minimum absolute atomic E-state index is 0.558. The van der Waals surface area contributed by atoms with Crippen molar-refractivity contribution in [2.75, 3.05) is 25.1 Å². The second-order valence-electron chi connectivity index (χ2n) is 4.12. The number of methoxy groups -OCH3 is 1. The van der Waals surface area contributed by atoms with E-state index >= 15 is 0 Å². The van der Waals surface area contributed by atoms with Crippen molar-refractivity contribution in [3.63, 3.8) is 0 Å². The number of hydrogen-bond acceptors (Lipinski definition) is 5. The smallest absolute Gasteiger partial charge is 0.225 e. The highest BCUT2D eigenvalue weighted by molar-refractivity contribution is 5.33.